The second-order valence-corrected chi connectivity index (χ2v) is 6.43. The van der Waals surface area contributed by atoms with Gasteiger partial charge in [-0.25, -0.2) is 0 Å². The van der Waals surface area contributed by atoms with Gasteiger partial charge >= 0.3 is 0 Å². The molecule has 0 saturated carbocycles. The summed E-state index contributed by atoms with van der Waals surface area (Å²) in [7, 11) is 0. The van der Waals surface area contributed by atoms with Gasteiger partial charge in [0.25, 0.3) is 11.8 Å². The molecule has 3 heterocycles. The summed E-state index contributed by atoms with van der Waals surface area (Å²) >= 11 is 1.55. The SMILES string of the molecule is O=C(c1cccc(-c2noc(-c3cccs3)n2)c1)N1CCCC1. The van der Waals surface area contributed by atoms with Gasteiger partial charge in [0.15, 0.2) is 0 Å². The molecule has 0 unspecified atom stereocenters. The molecular weight excluding hydrogens is 310 g/mol. The van der Waals surface area contributed by atoms with Crippen LogP contribution < -0.4 is 0 Å². The Kier molecular flexibility index (Phi) is 3.67. The third-order valence-corrected chi connectivity index (χ3v) is 4.78. The van der Waals surface area contributed by atoms with Crippen molar-refractivity contribution in [2.45, 2.75) is 12.8 Å². The number of hydrogen-bond donors (Lipinski definition) is 0. The molecule has 2 aromatic heterocycles. The number of rotatable bonds is 3. The molecule has 3 aromatic rings. The molecule has 0 aliphatic carbocycles. The fourth-order valence-corrected chi connectivity index (χ4v) is 3.38. The first kappa shape index (κ1) is 14.1. The lowest BCUT2D eigenvalue weighted by Gasteiger charge is -2.15. The first-order valence-corrected chi connectivity index (χ1v) is 8.46. The summed E-state index contributed by atoms with van der Waals surface area (Å²) in [6, 6.07) is 11.3. The molecule has 4 rings (SSSR count). The van der Waals surface area contributed by atoms with E-state index in [0.29, 0.717) is 17.3 Å². The monoisotopic (exact) mass is 325 g/mol. The Morgan fingerprint density at radius 3 is 2.83 bits per heavy atom. The first-order chi connectivity index (χ1) is 11.3. The van der Waals surface area contributed by atoms with Crippen LogP contribution in [-0.4, -0.2) is 34.0 Å². The van der Waals surface area contributed by atoms with Crippen LogP contribution in [0.15, 0.2) is 46.3 Å². The van der Waals surface area contributed by atoms with Crippen molar-refractivity contribution in [1.29, 1.82) is 0 Å². The average Bonchev–Trinajstić information content (AvgIpc) is 3.36. The minimum atomic E-state index is 0.0753. The van der Waals surface area contributed by atoms with Gasteiger partial charge in [-0.1, -0.05) is 23.4 Å². The molecule has 1 aliphatic heterocycles. The van der Waals surface area contributed by atoms with Gasteiger partial charge in [0.1, 0.15) is 0 Å². The van der Waals surface area contributed by atoms with Gasteiger partial charge in [-0.05, 0) is 36.4 Å². The maximum atomic E-state index is 12.5. The summed E-state index contributed by atoms with van der Waals surface area (Å²) in [6.45, 7) is 1.68. The molecule has 0 radical (unpaired) electrons. The molecule has 0 atom stereocenters. The number of thiophene rings is 1. The standard InChI is InChI=1S/C17H15N3O2S/c21-17(20-8-1-2-9-20)13-6-3-5-12(11-13)15-18-16(22-19-15)14-7-4-10-23-14/h3-7,10-11H,1-2,8-9H2. The normalized spacial score (nSPS) is 14.3. The van der Waals surface area contributed by atoms with Gasteiger partial charge in [-0.2, -0.15) is 4.98 Å². The van der Waals surface area contributed by atoms with E-state index >= 15 is 0 Å². The molecule has 116 valence electrons. The highest BCUT2D eigenvalue weighted by molar-refractivity contribution is 7.13. The van der Waals surface area contributed by atoms with Crippen LogP contribution in [0, 0.1) is 0 Å². The van der Waals surface area contributed by atoms with E-state index < -0.39 is 0 Å². The number of hydrogen-bond acceptors (Lipinski definition) is 5. The first-order valence-electron chi connectivity index (χ1n) is 7.58. The highest BCUT2D eigenvalue weighted by atomic mass is 32.1. The van der Waals surface area contributed by atoms with E-state index in [-0.39, 0.29) is 5.91 Å². The van der Waals surface area contributed by atoms with E-state index in [1.54, 1.807) is 11.3 Å². The number of nitrogens with zero attached hydrogens (tertiary/aromatic N) is 3. The average molecular weight is 325 g/mol. The van der Waals surface area contributed by atoms with Crippen LogP contribution >= 0.6 is 11.3 Å². The van der Waals surface area contributed by atoms with Crippen molar-refractivity contribution in [3.05, 3.63) is 47.3 Å². The highest BCUT2D eigenvalue weighted by Crippen LogP contribution is 2.26. The number of likely N-dealkylation sites (tertiary alicyclic amines) is 1. The molecule has 23 heavy (non-hydrogen) atoms. The minimum absolute atomic E-state index is 0.0753. The molecule has 6 heteroatoms. The molecule has 1 aromatic carbocycles. The predicted molar refractivity (Wildman–Crippen MR) is 88.2 cm³/mol. The fraction of sp³-hybridized carbons (Fsp3) is 0.235. The smallest absolute Gasteiger partial charge is 0.268 e. The largest absolute Gasteiger partial charge is 0.339 e. The lowest BCUT2D eigenvalue weighted by molar-refractivity contribution is 0.0793. The minimum Gasteiger partial charge on any atom is -0.339 e. The van der Waals surface area contributed by atoms with Crippen LogP contribution in [0.2, 0.25) is 0 Å². The quantitative estimate of drug-likeness (QED) is 0.737. The number of aromatic nitrogens is 2. The molecule has 1 aliphatic rings. The zero-order chi connectivity index (χ0) is 15.6. The van der Waals surface area contributed by atoms with Crippen LogP contribution in [0.1, 0.15) is 23.2 Å². The van der Waals surface area contributed by atoms with E-state index in [4.69, 9.17) is 4.52 Å². The van der Waals surface area contributed by atoms with Crippen LogP contribution in [0.3, 0.4) is 0 Å². The Bertz CT molecular complexity index is 820. The van der Waals surface area contributed by atoms with Crippen molar-refractivity contribution in [3.8, 4) is 22.2 Å². The van der Waals surface area contributed by atoms with Crippen molar-refractivity contribution in [3.63, 3.8) is 0 Å². The predicted octanol–water partition coefficient (Wildman–Crippen LogP) is 3.70. The summed E-state index contributed by atoms with van der Waals surface area (Å²) in [5.41, 5.74) is 1.47. The van der Waals surface area contributed by atoms with Crippen molar-refractivity contribution in [2.24, 2.45) is 0 Å². The topological polar surface area (TPSA) is 59.2 Å². The summed E-state index contributed by atoms with van der Waals surface area (Å²) < 4.78 is 5.32. The molecular formula is C17H15N3O2S. The van der Waals surface area contributed by atoms with Crippen LogP contribution in [-0.2, 0) is 0 Å². The van der Waals surface area contributed by atoms with Crippen molar-refractivity contribution < 1.29 is 9.32 Å². The van der Waals surface area contributed by atoms with Gasteiger partial charge in [-0.15, -0.1) is 11.3 Å². The Morgan fingerprint density at radius 2 is 2.04 bits per heavy atom. The molecule has 1 amide bonds. The maximum Gasteiger partial charge on any atom is 0.268 e. The molecule has 1 saturated heterocycles. The zero-order valence-electron chi connectivity index (χ0n) is 12.4. The lowest BCUT2D eigenvalue weighted by atomic mass is 10.1. The summed E-state index contributed by atoms with van der Waals surface area (Å²) in [6.07, 6.45) is 2.17. The van der Waals surface area contributed by atoms with Gasteiger partial charge in [0.05, 0.1) is 4.88 Å². The van der Waals surface area contributed by atoms with Gasteiger partial charge in [-0.3, -0.25) is 4.79 Å². The Hall–Kier alpha value is -2.47. The van der Waals surface area contributed by atoms with Crippen LogP contribution in [0.5, 0.6) is 0 Å². The lowest BCUT2D eigenvalue weighted by Crippen LogP contribution is -2.27. The van der Waals surface area contributed by atoms with Gasteiger partial charge in [0, 0.05) is 24.2 Å². The third-order valence-electron chi connectivity index (χ3n) is 3.92. The third kappa shape index (κ3) is 2.77. The van der Waals surface area contributed by atoms with E-state index in [1.807, 2.05) is 46.7 Å². The molecule has 0 spiro atoms. The van der Waals surface area contributed by atoms with Gasteiger partial charge < -0.3 is 9.42 Å². The van der Waals surface area contributed by atoms with E-state index in [1.165, 1.54) is 0 Å². The number of amides is 1. The second-order valence-electron chi connectivity index (χ2n) is 5.48. The maximum absolute atomic E-state index is 12.5. The van der Waals surface area contributed by atoms with Crippen LogP contribution in [0.25, 0.3) is 22.2 Å². The summed E-state index contributed by atoms with van der Waals surface area (Å²) in [5.74, 6) is 1.09. The second kappa shape index (κ2) is 5.96. The molecule has 5 nitrogen and oxygen atoms in total. The molecule has 0 N–H and O–H groups in total. The van der Waals surface area contributed by atoms with E-state index in [0.717, 1.165) is 36.4 Å². The van der Waals surface area contributed by atoms with Crippen LogP contribution in [0.4, 0.5) is 0 Å². The summed E-state index contributed by atoms with van der Waals surface area (Å²) in [4.78, 5) is 19.7. The van der Waals surface area contributed by atoms with Crippen molar-refractivity contribution in [2.75, 3.05) is 13.1 Å². The number of benzene rings is 1. The van der Waals surface area contributed by atoms with Crippen molar-refractivity contribution >= 4 is 17.2 Å². The Balaban J connectivity index is 1.62. The van der Waals surface area contributed by atoms with E-state index in [2.05, 4.69) is 10.1 Å². The summed E-state index contributed by atoms with van der Waals surface area (Å²) in [5, 5.41) is 6.00. The Morgan fingerprint density at radius 1 is 1.17 bits per heavy atom. The number of carbonyl (C=O) groups is 1. The fourth-order valence-electron chi connectivity index (χ4n) is 2.74. The zero-order valence-corrected chi connectivity index (χ0v) is 13.3. The van der Waals surface area contributed by atoms with E-state index in [9.17, 15) is 4.79 Å². The number of carbonyl (C=O) groups excluding carboxylic acids is 1. The highest BCUT2D eigenvalue weighted by Gasteiger charge is 2.20. The van der Waals surface area contributed by atoms with Crippen molar-refractivity contribution in [1.82, 2.24) is 15.0 Å². The van der Waals surface area contributed by atoms with Gasteiger partial charge in [0.2, 0.25) is 5.82 Å². The molecule has 1 fully saturated rings. The molecule has 0 bridgehead atoms. The Labute approximate surface area is 137 Å².